The second-order valence-electron chi connectivity index (χ2n) is 8.63. The standard InChI is InChI=1S/C22H30N2O4S3/c1-17-7-9-18(10-8-17)20(24-11-3-2-4-12-24)14-23-19-15-30(25,26)16-21(19)31(27,28)22-6-5-13-29-22/h5-10,13,19-21,23H,2-4,11-12,14-16H2,1H3/t19-,20?,21-/m0/s1. The maximum Gasteiger partial charge on any atom is 0.193 e. The number of hydrogen-bond donors (Lipinski definition) is 1. The molecule has 2 saturated heterocycles. The van der Waals surface area contributed by atoms with Gasteiger partial charge in [-0.1, -0.05) is 42.3 Å². The maximum atomic E-state index is 13.1. The first-order valence-corrected chi connectivity index (χ1v) is 15.0. The molecule has 0 spiro atoms. The zero-order valence-corrected chi connectivity index (χ0v) is 20.2. The molecule has 0 saturated carbocycles. The molecule has 170 valence electrons. The highest BCUT2D eigenvalue weighted by Crippen LogP contribution is 2.30. The molecule has 0 amide bonds. The summed E-state index contributed by atoms with van der Waals surface area (Å²) in [6.07, 6.45) is 3.53. The quantitative estimate of drug-likeness (QED) is 0.653. The van der Waals surface area contributed by atoms with Crippen LogP contribution in [-0.4, -0.2) is 64.2 Å². The van der Waals surface area contributed by atoms with Crippen LogP contribution in [0.1, 0.15) is 36.4 Å². The monoisotopic (exact) mass is 482 g/mol. The summed E-state index contributed by atoms with van der Waals surface area (Å²) in [5.74, 6) is -0.452. The van der Waals surface area contributed by atoms with Crippen LogP contribution in [0.5, 0.6) is 0 Å². The zero-order chi connectivity index (χ0) is 22.1. The van der Waals surface area contributed by atoms with E-state index in [4.69, 9.17) is 0 Å². The van der Waals surface area contributed by atoms with E-state index in [1.807, 2.05) is 0 Å². The highest BCUT2D eigenvalue weighted by molar-refractivity contribution is 7.97. The number of nitrogens with one attached hydrogen (secondary N) is 1. The minimum atomic E-state index is -3.70. The molecule has 0 bridgehead atoms. The molecule has 4 rings (SSSR count). The molecule has 0 radical (unpaired) electrons. The Morgan fingerprint density at radius 1 is 1.10 bits per heavy atom. The summed E-state index contributed by atoms with van der Waals surface area (Å²) in [5.41, 5.74) is 2.37. The topological polar surface area (TPSA) is 83.5 Å². The summed E-state index contributed by atoms with van der Waals surface area (Å²) in [4.78, 5) is 2.44. The van der Waals surface area contributed by atoms with Crippen LogP contribution in [0.15, 0.2) is 46.0 Å². The second kappa shape index (κ2) is 9.31. The summed E-state index contributed by atoms with van der Waals surface area (Å²) in [6, 6.07) is 11.2. The van der Waals surface area contributed by atoms with Crippen molar-refractivity contribution in [2.24, 2.45) is 0 Å². The van der Waals surface area contributed by atoms with E-state index in [0.717, 1.165) is 37.3 Å². The summed E-state index contributed by atoms with van der Waals surface area (Å²) in [6.45, 7) is 4.58. The smallest absolute Gasteiger partial charge is 0.193 e. The second-order valence-corrected chi connectivity index (χ2v) is 14.1. The highest BCUT2D eigenvalue weighted by atomic mass is 32.2. The average Bonchev–Trinajstić information content (AvgIpc) is 3.39. The number of benzene rings is 1. The van der Waals surface area contributed by atoms with Crippen molar-refractivity contribution in [1.29, 1.82) is 0 Å². The Hall–Kier alpha value is -1.26. The first-order valence-electron chi connectivity index (χ1n) is 10.8. The van der Waals surface area contributed by atoms with Crippen molar-refractivity contribution in [2.45, 2.75) is 47.7 Å². The molecule has 0 aliphatic carbocycles. The summed E-state index contributed by atoms with van der Waals surface area (Å²) >= 11 is 1.15. The van der Waals surface area contributed by atoms with Gasteiger partial charge in [0.2, 0.25) is 0 Å². The molecular formula is C22H30N2O4S3. The maximum absolute atomic E-state index is 13.1. The van der Waals surface area contributed by atoms with Crippen LogP contribution >= 0.6 is 11.3 Å². The molecule has 2 aromatic rings. The molecule has 2 fully saturated rings. The van der Waals surface area contributed by atoms with Crippen LogP contribution in [-0.2, 0) is 19.7 Å². The van der Waals surface area contributed by atoms with Gasteiger partial charge in [0.15, 0.2) is 19.7 Å². The van der Waals surface area contributed by atoms with Gasteiger partial charge in [-0.25, -0.2) is 16.8 Å². The van der Waals surface area contributed by atoms with Gasteiger partial charge in [-0.2, -0.15) is 0 Å². The number of aryl methyl sites for hydroxylation is 1. The Morgan fingerprint density at radius 3 is 2.45 bits per heavy atom. The van der Waals surface area contributed by atoms with Gasteiger partial charge in [-0.05, 0) is 49.9 Å². The molecule has 1 N–H and O–H groups in total. The third-order valence-corrected chi connectivity index (χ3v) is 11.9. The minimum Gasteiger partial charge on any atom is -0.310 e. The van der Waals surface area contributed by atoms with Crippen molar-refractivity contribution < 1.29 is 16.8 Å². The number of hydrogen-bond acceptors (Lipinski definition) is 7. The lowest BCUT2D eigenvalue weighted by atomic mass is 10.00. The van der Waals surface area contributed by atoms with Gasteiger partial charge in [-0.3, -0.25) is 4.90 Å². The van der Waals surface area contributed by atoms with E-state index in [9.17, 15) is 16.8 Å². The Kier molecular flexibility index (Phi) is 6.88. The molecule has 2 aliphatic rings. The van der Waals surface area contributed by atoms with Crippen LogP contribution in [0.2, 0.25) is 0 Å². The van der Waals surface area contributed by atoms with Gasteiger partial charge in [0.05, 0.1) is 16.8 Å². The minimum absolute atomic E-state index is 0.0919. The van der Waals surface area contributed by atoms with Crippen LogP contribution in [0.4, 0.5) is 0 Å². The highest BCUT2D eigenvalue weighted by Gasteiger charge is 2.46. The molecule has 3 heterocycles. The fourth-order valence-corrected chi connectivity index (χ4v) is 10.6. The predicted octanol–water partition coefficient (Wildman–Crippen LogP) is 2.81. The number of rotatable bonds is 7. The Bertz CT molecular complexity index is 1070. The molecule has 2 aliphatic heterocycles. The average molecular weight is 483 g/mol. The van der Waals surface area contributed by atoms with Crippen molar-refractivity contribution >= 4 is 31.0 Å². The van der Waals surface area contributed by atoms with E-state index in [1.54, 1.807) is 17.5 Å². The van der Waals surface area contributed by atoms with E-state index in [-0.39, 0.29) is 21.8 Å². The van der Waals surface area contributed by atoms with Crippen molar-refractivity contribution in [2.75, 3.05) is 31.1 Å². The summed E-state index contributed by atoms with van der Waals surface area (Å²) in [7, 11) is -7.11. The fraction of sp³-hybridized carbons (Fsp3) is 0.545. The van der Waals surface area contributed by atoms with Gasteiger partial charge >= 0.3 is 0 Å². The normalized spacial score (nSPS) is 25.5. The Morgan fingerprint density at radius 2 is 1.81 bits per heavy atom. The summed E-state index contributed by atoms with van der Waals surface area (Å²) < 4.78 is 51.3. The fourth-order valence-electron chi connectivity index (χ4n) is 4.63. The van der Waals surface area contributed by atoms with Crippen LogP contribution in [0, 0.1) is 6.92 Å². The molecule has 6 nitrogen and oxygen atoms in total. The van der Waals surface area contributed by atoms with Gasteiger partial charge < -0.3 is 5.32 Å². The lowest BCUT2D eigenvalue weighted by molar-refractivity contribution is 0.158. The zero-order valence-electron chi connectivity index (χ0n) is 17.7. The molecule has 1 unspecified atom stereocenters. The number of nitrogens with zero attached hydrogens (tertiary/aromatic N) is 1. The van der Waals surface area contributed by atoms with Gasteiger partial charge in [0.1, 0.15) is 4.21 Å². The Labute approximate surface area is 189 Å². The first kappa shape index (κ1) is 22.9. The van der Waals surface area contributed by atoms with Crippen molar-refractivity contribution in [1.82, 2.24) is 10.2 Å². The molecule has 1 aromatic carbocycles. The van der Waals surface area contributed by atoms with E-state index >= 15 is 0 Å². The molecular weight excluding hydrogens is 452 g/mol. The molecule has 1 aromatic heterocycles. The number of likely N-dealkylation sites (tertiary alicyclic amines) is 1. The van der Waals surface area contributed by atoms with Gasteiger partial charge in [-0.15, -0.1) is 11.3 Å². The van der Waals surface area contributed by atoms with Crippen LogP contribution < -0.4 is 5.32 Å². The van der Waals surface area contributed by atoms with Crippen molar-refractivity contribution in [3.8, 4) is 0 Å². The predicted molar refractivity (Wildman–Crippen MR) is 125 cm³/mol. The van der Waals surface area contributed by atoms with E-state index in [1.165, 1.54) is 17.5 Å². The third-order valence-electron chi connectivity index (χ3n) is 6.34. The van der Waals surface area contributed by atoms with Crippen LogP contribution in [0.25, 0.3) is 0 Å². The van der Waals surface area contributed by atoms with Gasteiger partial charge in [0.25, 0.3) is 0 Å². The first-order chi connectivity index (χ1) is 14.8. The third kappa shape index (κ3) is 5.22. The van der Waals surface area contributed by atoms with E-state index in [2.05, 4.69) is 41.4 Å². The van der Waals surface area contributed by atoms with E-state index in [0.29, 0.717) is 6.54 Å². The van der Waals surface area contributed by atoms with Crippen molar-refractivity contribution in [3.63, 3.8) is 0 Å². The molecule has 3 atom stereocenters. The number of sulfone groups is 2. The molecule has 9 heteroatoms. The SMILES string of the molecule is Cc1ccc(C(CN[C@H]2CS(=O)(=O)C[C@@H]2S(=O)(=O)c2cccs2)N2CCCCC2)cc1. The number of thiophene rings is 1. The lowest BCUT2D eigenvalue weighted by Crippen LogP contribution is -2.47. The van der Waals surface area contributed by atoms with Crippen LogP contribution in [0.3, 0.4) is 0 Å². The molecule has 31 heavy (non-hydrogen) atoms. The number of piperidine rings is 1. The largest absolute Gasteiger partial charge is 0.310 e. The van der Waals surface area contributed by atoms with Crippen molar-refractivity contribution in [3.05, 3.63) is 52.9 Å². The van der Waals surface area contributed by atoms with Gasteiger partial charge in [0, 0.05) is 18.6 Å². The van der Waals surface area contributed by atoms with E-state index < -0.39 is 31.0 Å². The Balaban J connectivity index is 1.56. The summed E-state index contributed by atoms with van der Waals surface area (Å²) in [5, 5.41) is 4.13. The lowest BCUT2D eigenvalue weighted by Gasteiger charge is -2.36.